The molecule has 1 aromatic heterocycles. The van der Waals surface area contributed by atoms with Crippen LogP contribution in [0.25, 0.3) is 0 Å². The van der Waals surface area contributed by atoms with E-state index in [4.69, 9.17) is 5.11 Å². The van der Waals surface area contributed by atoms with Gasteiger partial charge in [-0.3, -0.25) is 9.59 Å². The Morgan fingerprint density at radius 1 is 1.43 bits per heavy atom. The lowest BCUT2D eigenvalue weighted by molar-refractivity contribution is -0.137. The second kappa shape index (κ2) is 8.44. The molecule has 1 unspecified atom stereocenters. The minimum Gasteiger partial charge on any atom is -0.481 e. The van der Waals surface area contributed by atoms with Crippen molar-refractivity contribution in [2.75, 3.05) is 5.75 Å². The summed E-state index contributed by atoms with van der Waals surface area (Å²) in [5.74, 6) is 0.203. The van der Waals surface area contributed by atoms with Crippen LogP contribution in [0, 0.1) is 5.41 Å². The highest BCUT2D eigenvalue weighted by Crippen LogP contribution is 2.22. The third-order valence-electron chi connectivity index (χ3n) is 2.70. The Labute approximate surface area is 134 Å². The van der Waals surface area contributed by atoms with Crippen molar-refractivity contribution in [3.63, 3.8) is 0 Å². The highest BCUT2D eigenvalue weighted by atomic mass is 32.2. The van der Waals surface area contributed by atoms with Gasteiger partial charge in [0.25, 0.3) is 0 Å². The van der Waals surface area contributed by atoms with Crippen LogP contribution >= 0.6 is 23.1 Å². The fraction of sp³-hybridized carbons (Fsp3) is 0.600. The van der Waals surface area contributed by atoms with Gasteiger partial charge < -0.3 is 10.4 Å². The summed E-state index contributed by atoms with van der Waals surface area (Å²) in [6, 6.07) is 3.73. The third kappa shape index (κ3) is 8.78. The molecular weight excluding hydrogens is 306 g/mol. The summed E-state index contributed by atoms with van der Waals surface area (Å²) in [6.07, 6.45) is 0.624. The number of thiophene rings is 1. The standard InChI is InChI=1S/C15H23NO3S2/c1-15(2,3)8-11(7-14(18)19)16-13(17)10-20-9-12-5-4-6-21-12/h4-6,11H,7-10H2,1-3H3,(H,16,17)(H,18,19). The molecule has 0 aliphatic carbocycles. The average molecular weight is 329 g/mol. The van der Waals surface area contributed by atoms with Gasteiger partial charge >= 0.3 is 5.97 Å². The molecule has 1 aromatic rings. The smallest absolute Gasteiger partial charge is 0.305 e. The molecule has 0 spiro atoms. The second-order valence-electron chi connectivity index (χ2n) is 6.20. The van der Waals surface area contributed by atoms with E-state index in [2.05, 4.69) is 5.32 Å². The van der Waals surface area contributed by atoms with Crippen molar-refractivity contribution in [2.45, 2.75) is 45.4 Å². The zero-order valence-electron chi connectivity index (χ0n) is 12.7. The largest absolute Gasteiger partial charge is 0.481 e. The predicted octanol–water partition coefficient (Wildman–Crippen LogP) is 3.38. The quantitative estimate of drug-likeness (QED) is 0.767. The lowest BCUT2D eigenvalue weighted by atomic mass is 9.87. The van der Waals surface area contributed by atoms with Crippen molar-refractivity contribution in [3.05, 3.63) is 22.4 Å². The van der Waals surface area contributed by atoms with Crippen molar-refractivity contribution in [3.8, 4) is 0 Å². The van der Waals surface area contributed by atoms with E-state index >= 15 is 0 Å². The number of carboxylic acids is 1. The normalized spacial score (nSPS) is 12.9. The van der Waals surface area contributed by atoms with Crippen LogP contribution in [-0.2, 0) is 15.3 Å². The molecule has 0 bridgehead atoms. The molecule has 0 saturated heterocycles. The molecule has 4 nitrogen and oxygen atoms in total. The maximum atomic E-state index is 11.9. The molecule has 0 aliphatic rings. The van der Waals surface area contributed by atoms with Gasteiger partial charge in [-0.2, -0.15) is 0 Å². The predicted molar refractivity (Wildman–Crippen MR) is 88.7 cm³/mol. The number of aliphatic carboxylic acids is 1. The summed E-state index contributed by atoms with van der Waals surface area (Å²) in [5, 5.41) is 13.8. The van der Waals surface area contributed by atoms with Gasteiger partial charge in [-0.1, -0.05) is 26.8 Å². The van der Waals surface area contributed by atoms with Crippen LogP contribution in [0.4, 0.5) is 0 Å². The molecule has 0 saturated carbocycles. The lowest BCUT2D eigenvalue weighted by Crippen LogP contribution is -2.40. The Hall–Kier alpha value is -1.01. The monoisotopic (exact) mass is 329 g/mol. The Kier molecular flexibility index (Phi) is 7.25. The molecule has 1 heterocycles. The van der Waals surface area contributed by atoms with Gasteiger partial charge in [0.1, 0.15) is 0 Å². The first kappa shape index (κ1) is 18.0. The van der Waals surface area contributed by atoms with Crippen molar-refractivity contribution in [2.24, 2.45) is 5.41 Å². The van der Waals surface area contributed by atoms with Crippen molar-refractivity contribution in [1.29, 1.82) is 0 Å². The van der Waals surface area contributed by atoms with Gasteiger partial charge in [0.2, 0.25) is 5.91 Å². The number of carbonyl (C=O) groups excluding carboxylic acids is 1. The molecule has 21 heavy (non-hydrogen) atoms. The van der Waals surface area contributed by atoms with Gasteiger partial charge in [-0.05, 0) is 23.3 Å². The summed E-state index contributed by atoms with van der Waals surface area (Å²) in [6.45, 7) is 6.12. The molecular formula is C15H23NO3S2. The Morgan fingerprint density at radius 2 is 2.14 bits per heavy atom. The summed E-state index contributed by atoms with van der Waals surface area (Å²) in [5.41, 5.74) is -0.0164. The second-order valence-corrected chi connectivity index (χ2v) is 8.22. The Bertz CT molecular complexity index is 452. The summed E-state index contributed by atoms with van der Waals surface area (Å²) >= 11 is 3.22. The number of thioether (sulfide) groups is 1. The molecule has 118 valence electrons. The minimum absolute atomic E-state index is 0.0164. The average Bonchev–Trinajstić information content (AvgIpc) is 2.78. The number of hydrogen-bond acceptors (Lipinski definition) is 4. The molecule has 0 aromatic carbocycles. The van der Waals surface area contributed by atoms with E-state index in [9.17, 15) is 9.59 Å². The van der Waals surface area contributed by atoms with Crippen molar-refractivity contribution in [1.82, 2.24) is 5.32 Å². The lowest BCUT2D eigenvalue weighted by Gasteiger charge is -2.25. The summed E-state index contributed by atoms with van der Waals surface area (Å²) in [7, 11) is 0. The van der Waals surface area contributed by atoms with Crippen LogP contribution in [-0.4, -0.2) is 28.8 Å². The molecule has 2 N–H and O–H groups in total. The van der Waals surface area contributed by atoms with Crippen LogP contribution in [0.15, 0.2) is 17.5 Å². The number of hydrogen-bond donors (Lipinski definition) is 2. The summed E-state index contributed by atoms with van der Waals surface area (Å²) in [4.78, 5) is 24.1. The van der Waals surface area contributed by atoms with E-state index in [0.29, 0.717) is 12.2 Å². The first-order valence-electron chi connectivity index (χ1n) is 6.87. The zero-order chi connectivity index (χ0) is 15.9. The number of rotatable bonds is 8. The van der Waals surface area contributed by atoms with Gasteiger partial charge in [0.05, 0.1) is 12.2 Å². The number of carbonyl (C=O) groups is 2. The molecule has 6 heteroatoms. The van der Waals surface area contributed by atoms with E-state index in [1.165, 1.54) is 4.88 Å². The number of amides is 1. The Balaban J connectivity index is 2.38. The highest BCUT2D eigenvalue weighted by Gasteiger charge is 2.22. The molecule has 0 radical (unpaired) electrons. The van der Waals surface area contributed by atoms with E-state index in [0.717, 1.165) is 5.75 Å². The van der Waals surface area contributed by atoms with E-state index < -0.39 is 5.97 Å². The van der Waals surface area contributed by atoms with Crippen molar-refractivity contribution < 1.29 is 14.7 Å². The van der Waals surface area contributed by atoms with Gasteiger partial charge in [-0.25, -0.2) is 0 Å². The van der Waals surface area contributed by atoms with Gasteiger partial charge in [-0.15, -0.1) is 23.1 Å². The first-order chi connectivity index (χ1) is 9.76. The first-order valence-corrected chi connectivity index (χ1v) is 8.91. The molecule has 1 amide bonds. The van der Waals surface area contributed by atoms with Crippen molar-refractivity contribution >= 4 is 35.0 Å². The third-order valence-corrected chi connectivity index (χ3v) is 4.74. The Morgan fingerprint density at radius 3 is 2.67 bits per heavy atom. The fourth-order valence-corrected chi connectivity index (χ4v) is 3.71. The fourth-order valence-electron chi connectivity index (χ4n) is 2.03. The molecule has 1 rings (SSSR count). The van der Waals surface area contributed by atoms with E-state index in [-0.39, 0.29) is 23.8 Å². The maximum absolute atomic E-state index is 11.9. The molecule has 0 fully saturated rings. The van der Waals surface area contributed by atoms with Crippen LogP contribution in [0.3, 0.4) is 0 Å². The van der Waals surface area contributed by atoms with Crippen LogP contribution in [0.1, 0.15) is 38.5 Å². The number of carboxylic acid groups (broad SMARTS) is 1. The minimum atomic E-state index is -0.879. The summed E-state index contributed by atoms with van der Waals surface area (Å²) < 4.78 is 0. The van der Waals surface area contributed by atoms with Gasteiger partial charge in [0, 0.05) is 16.7 Å². The SMILES string of the molecule is CC(C)(C)CC(CC(=O)O)NC(=O)CSCc1cccs1. The molecule has 0 aliphatic heterocycles. The number of nitrogens with one attached hydrogen (secondary N) is 1. The molecule has 1 atom stereocenters. The topological polar surface area (TPSA) is 66.4 Å². The maximum Gasteiger partial charge on any atom is 0.305 e. The van der Waals surface area contributed by atoms with E-state index in [1.54, 1.807) is 23.1 Å². The van der Waals surface area contributed by atoms with Crippen LogP contribution in [0.5, 0.6) is 0 Å². The van der Waals surface area contributed by atoms with Crippen LogP contribution in [0.2, 0.25) is 0 Å². The van der Waals surface area contributed by atoms with Crippen LogP contribution < -0.4 is 5.32 Å². The highest BCUT2D eigenvalue weighted by molar-refractivity contribution is 7.99. The van der Waals surface area contributed by atoms with Gasteiger partial charge in [0.15, 0.2) is 0 Å². The van der Waals surface area contributed by atoms with E-state index in [1.807, 2.05) is 38.3 Å². The zero-order valence-corrected chi connectivity index (χ0v) is 14.4.